The molecular weight excluding hydrogens is 1250 g/mol. The van der Waals surface area contributed by atoms with Crippen LogP contribution >= 0.6 is 22.4 Å². The number of hydrogen-bond acceptors (Lipinski definition) is 19. The summed E-state index contributed by atoms with van der Waals surface area (Å²) in [5.74, 6) is -1.83. The number of nitrogens with two attached hydrogens (primary N) is 5. The number of aromatic amines is 1. The molecule has 22 nitrogen and oxygen atoms in total. The van der Waals surface area contributed by atoms with Crippen LogP contribution in [0.3, 0.4) is 0 Å². The number of hydrogen-bond donors (Lipinski definition) is 11. The van der Waals surface area contributed by atoms with E-state index in [0.717, 1.165) is 62.3 Å². The van der Waals surface area contributed by atoms with Crippen molar-refractivity contribution in [3.05, 3.63) is 174 Å². The van der Waals surface area contributed by atoms with Crippen molar-refractivity contribution in [1.82, 2.24) is 14.7 Å². The number of halogens is 1. The van der Waals surface area contributed by atoms with Crippen molar-refractivity contribution >= 4 is 81.2 Å². The SMILES string of the molecule is CSCC[C@H](NS(=O)(=O)c1ccc(CO)cc1)C(=O)O.NC1CCc2ccccc21.NCCc1c[nH]c2ccccc12.N[C@H](C(=O)O)[C@@H]1CCOC1.N[C@H](C(=O)OCc1ccccc1)[C@@H]1CCOC1.N[C@H]1CCCC[C@@H]1O.O=S(=O)(Cl)c1cccc2cccnc12. The molecule has 0 spiro atoms. The number of aliphatic carboxylic acids is 2. The van der Waals surface area contributed by atoms with E-state index in [4.69, 9.17) is 74.0 Å². The number of carbonyl (C=O) groups is 3. The van der Waals surface area contributed by atoms with Crippen LogP contribution in [-0.2, 0) is 73.7 Å². The lowest BCUT2D eigenvalue weighted by molar-refractivity contribution is -0.148. The van der Waals surface area contributed by atoms with Crippen molar-refractivity contribution in [1.29, 1.82) is 0 Å². The third-order valence-corrected chi connectivity index (χ3v) is 18.7. The van der Waals surface area contributed by atoms with Crippen molar-refractivity contribution in [3.8, 4) is 0 Å². The average molecular weight is 1340 g/mol. The van der Waals surface area contributed by atoms with Gasteiger partial charge in [0.15, 0.2) is 0 Å². The summed E-state index contributed by atoms with van der Waals surface area (Å²) in [5.41, 5.74) is 35.3. The number of H-pyrrole nitrogens is 1. The topological polar surface area (TPSA) is 399 Å². The number of aliphatic hydroxyl groups is 2. The molecule has 3 fully saturated rings. The number of aliphatic hydroxyl groups excluding tert-OH is 2. The molecule has 2 aliphatic heterocycles. The highest BCUT2D eigenvalue weighted by Gasteiger charge is 2.30. The Morgan fingerprint density at radius 2 is 1.41 bits per heavy atom. The molecule has 1 unspecified atom stereocenters. The Balaban J connectivity index is 0.000000196. The summed E-state index contributed by atoms with van der Waals surface area (Å²) in [4.78, 5) is 40.3. The summed E-state index contributed by atoms with van der Waals surface area (Å²) >= 11 is 1.45. The van der Waals surface area contributed by atoms with Crippen LogP contribution in [0.15, 0.2) is 156 Å². The minimum atomic E-state index is -3.88. The quantitative estimate of drug-likeness (QED) is 0.0326. The first-order valence-corrected chi connectivity index (χ1v) is 35.1. The molecule has 4 aliphatic rings. The Kier molecular flexibility index (Phi) is 32.5. The monoisotopic (exact) mass is 1330 g/mol. The Hall–Kier alpha value is -6.40. The molecule has 0 amide bonds. The first kappa shape index (κ1) is 75.3. The zero-order valence-electron chi connectivity index (χ0n) is 51.0. The van der Waals surface area contributed by atoms with E-state index < -0.39 is 49.1 Å². The van der Waals surface area contributed by atoms with Crippen molar-refractivity contribution in [3.63, 3.8) is 0 Å². The average Bonchev–Trinajstić information content (AvgIpc) is 4.24. The number of aryl methyl sites for hydroxylation is 1. The molecular formula is C65H87ClN8O14S3. The largest absolute Gasteiger partial charge is 0.480 e. The summed E-state index contributed by atoms with van der Waals surface area (Å²) in [7, 11) is -2.33. The van der Waals surface area contributed by atoms with E-state index in [0.29, 0.717) is 55.8 Å². The number of nitrogens with zero attached hydrogens (tertiary/aromatic N) is 1. The summed E-state index contributed by atoms with van der Waals surface area (Å²) in [6.45, 7) is 3.19. The second-order valence-electron chi connectivity index (χ2n) is 21.9. The third-order valence-electron chi connectivity index (χ3n) is 15.3. The van der Waals surface area contributed by atoms with Crippen molar-refractivity contribution < 1.29 is 65.9 Å². The molecule has 1 saturated carbocycles. The van der Waals surface area contributed by atoms with Crippen LogP contribution in [-0.4, -0.2) is 140 Å². The number of carbonyl (C=O) groups excluding carboxylic acids is 1. The molecule has 8 atom stereocenters. The number of sulfonamides is 1. The van der Waals surface area contributed by atoms with Gasteiger partial charge in [-0.25, -0.2) is 16.8 Å². The number of para-hydroxylation sites is 2. The molecule has 5 aromatic carbocycles. The highest BCUT2D eigenvalue weighted by Crippen LogP contribution is 2.29. The molecule has 26 heteroatoms. The maximum atomic E-state index is 12.1. The molecule has 496 valence electrons. The fraction of sp³-hybridized carbons (Fsp3) is 0.415. The minimum Gasteiger partial charge on any atom is -0.480 e. The van der Waals surface area contributed by atoms with Gasteiger partial charge in [0.25, 0.3) is 9.05 Å². The molecule has 7 aromatic rings. The first-order chi connectivity index (χ1) is 43.6. The standard InChI is InChI=1S/C13H17NO3.C12H17NO5S2.C10H12N2.C9H6ClNO2S.C9H11N.C6H11NO3.C6H13NO/c14-12(11-6-7-16-9-11)13(15)17-8-10-4-2-1-3-5-10;1-19-7-6-11(12(15)16)13-20(17,18)10-4-2-9(8-14)3-5-10;11-6-5-8-7-12-10-4-2-1-3-9(8)10;10-14(12,13)8-5-1-3-7-4-2-6-11-9(7)8;10-9-6-5-7-3-1-2-4-8(7)9;7-5(6(8)9)4-1-2-10-3-4;7-5-3-1-2-4-6(5)8/h1-5,11-12H,6-9,14H2;2-5,11,13-14H,6-8H2,1H3,(H,15,16);1-4,7,12H,5-6,11H2;1-6H;1-4,9H,5-6,10H2;4-5H,1-3,7H2,(H,8,9);5-6,8H,1-4,7H2/t11-,12+;11-;;;;4-,5+;5-,6-/m10...10/s1. The lowest BCUT2D eigenvalue weighted by atomic mass is 9.94. The predicted octanol–water partition coefficient (Wildman–Crippen LogP) is 6.90. The van der Waals surface area contributed by atoms with Gasteiger partial charge in [0.2, 0.25) is 10.0 Å². The number of nitrogens with one attached hydrogen (secondary N) is 2. The molecule has 2 saturated heterocycles. The maximum Gasteiger partial charge on any atom is 0.323 e. The smallest absolute Gasteiger partial charge is 0.323 e. The van der Waals surface area contributed by atoms with Crippen molar-refractivity contribution in [2.24, 2.45) is 40.5 Å². The Morgan fingerprint density at radius 3 is 1.99 bits per heavy atom. The van der Waals surface area contributed by atoms with E-state index in [1.165, 1.54) is 82.3 Å². The van der Waals surface area contributed by atoms with Gasteiger partial charge in [-0.1, -0.05) is 116 Å². The summed E-state index contributed by atoms with van der Waals surface area (Å²) in [6.07, 6.45) is 14.5. The molecule has 2 aromatic heterocycles. The Morgan fingerprint density at radius 1 is 0.769 bits per heavy atom. The molecule has 0 bridgehead atoms. The predicted molar refractivity (Wildman–Crippen MR) is 355 cm³/mol. The van der Waals surface area contributed by atoms with Gasteiger partial charge in [0.1, 0.15) is 29.6 Å². The Bertz CT molecular complexity index is 3530. The Labute approximate surface area is 541 Å². The number of esters is 1. The number of carboxylic acid groups (broad SMARTS) is 2. The summed E-state index contributed by atoms with van der Waals surface area (Å²) in [5, 5.41) is 37.5. The summed E-state index contributed by atoms with van der Waals surface area (Å²) < 4.78 is 64.0. The first-order valence-electron chi connectivity index (χ1n) is 29.9. The number of ether oxygens (including phenoxy) is 3. The van der Waals surface area contributed by atoms with Gasteiger partial charge in [-0.3, -0.25) is 19.4 Å². The number of fused-ring (bicyclic) bond motifs is 3. The molecule has 11 rings (SSSR count). The third kappa shape index (κ3) is 25.2. The van der Waals surface area contributed by atoms with Gasteiger partial charge >= 0.3 is 17.9 Å². The van der Waals surface area contributed by atoms with E-state index in [1.54, 1.807) is 24.3 Å². The number of rotatable bonds is 17. The van der Waals surface area contributed by atoms with Gasteiger partial charge < -0.3 is 68.3 Å². The fourth-order valence-corrected chi connectivity index (χ4v) is 12.6. The second kappa shape index (κ2) is 39.2. The lowest BCUT2D eigenvalue weighted by Gasteiger charge is -2.23. The van der Waals surface area contributed by atoms with E-state index >= 15 is 0 Å². The van der Waals surface area contributed by atoms with E-state index in [2.05, 4.69) is 57.2 Å². The van der Waals surface area contributed by atoms with E-state index in [-0.39, 0.29) is 59.4 Å². The molecule has 0 radical (unpaired) electrons. The van der Waals surface area contributed by atoms with Gasteiger partial charge in [0, 0.05) is 76.5 Å². The van der Waals surface area contributed by atoms with Crippen LogP contribution < -0.4 is 33.4 Å². The highest BCUT2D eigenvalue weighted by molar-refractivity contribution is 8.14. The number of carboxylic acids is 2. The number of thioether (sulfide) groups is 1. The van der Waals surface area contributed by atoms with Gasteiger partial charge in [0.05, 0.1) is 36.3 Å². The lowest BCUT2D eigenvalue weighted by Crippen LogP contribution is -2.41. The second-order valence-corrected chi connectivity index (χ2v) is 27.1. The summed E-state index contributed by atoms with van der Waals surface area (Å²) in [6, 6.07) is 38.2. The molecule has 4 heterocycles. The number of aromatic nitrogens is 2. The van der Waals surface area contributed by atoms with Crippen LogP contribution in [0, 0.1) is 11.8 Å². The number of benzene rings is 5. The van der Waals surface area contributed by atoms with Crippen LogP contribution in [0.5, 0.6) is 0 Å². The zero-order valence-corrected chi connectivity index (χ0v) is 54.2. The molecule has 91 heavy (non-hydrogen) atoms. The fourth-order valence-electron chi connectivity index (χ4n) is 9.89. The van der Waals surface area contributed by atoms with Crippen molar-refractivity contribution in [2.45, 2.75) is 124 Å². The van der Waals surface area contributed by atoms with Gasteiger partial charge in [-0.2, -0.15) is 16.5 Å². The van der Waals surface area contributed by atoms with Crippen LogP contribution in [0.25, 0.3) is 21.8 Å². The molecule has 2 aliphatic carbocycles. The maximum absolute atomic E-state index is 12.1. The molecule has 16 N–H and O–H groups in total. The van der Waals surface area contributed by atoms with Gasteiger partial charge in [-0.05, 0) is 128 Å². The normalized spacial score (nSPS) is 19.2. The van der Waals surface area contributed by atoms with Crippen LogP contribution in [0.4, 0.5) is 0 Å². The number of pyridine rings is 1. The van der Waals surface area contributed by atoms with Gasteiger partial charge in [-0.15, -0.1) is 0 Å². The highest BCUT2D eigenvalue weighted by atomic mass is 35.7. The van der Waals surface area contributed by atoms with E-state index in [1.807, 2.05) is 48.9 Å². The van der Waals surface area contributed by atoms with Crippen LogP contribution in [0.1, 0.15) is 85.2 Å². The van der Waals surface area contributed by atoms with Crippen LogP contribution in [0.2, 0.25) is 0 Å². The minimum absolute atomic E-state index is 0.0116. The van der Waals surface area contributed by atoms with E-state index in [9.17, 15) is 31.2 Å². The zero-order chi connectivity index (χ0) is 66.3. The van der Waals surface area contributed by atoms with Crippen molar-refractivity contribution in [2.75, 3.05) is 45.0 Å².